The Morgan fingerprint density at radius 1 is 1.67 bits per heavy atom. The number of halogens is 1. The number of carbonyl (C=O) groups is 2. The third-order valence-electron chi connectivity index (χ3n) is 2.04. The zero-order chi connectivity index (χ0) is 13.5. The van der Waals surface area contributed by atoms with Gasteiger partial charge in [-0.05, 0) is 17.0 Å². The Labute approximate surface area is 113 Å². The maximum absolute atomic E-state index is 11.3. The van der Waals surface area contributed by atoms with Gasteiger partial charge in [0.2, 0.25) is 0 Å². The minimum absolute atomic E-state index is 0.0252. The zero-order valence-electron chi connectivity index (χ0n) is 9.39. The third kappa shape index (κ3) is 4.38. The normalized spacial score (nSPS) is 11.6. The number of nitrogens with one attached hydrogen (secondary N) is 1. The van der Waals surface area contributed by atoms with Gasteiger partial charge in [-0.25, -0.2) is 9.59 Å². The maximum Gasteiger partial charge on any atom is 0.408 e. The van der Waals surface area contributed by atoms with Crippen molar-refractivity contribution in [2.45, 2.75) is 12.5 Å². The van der Waals surface area contributed by atoms with Crippen molar-refractivity contribution in [3.8, 4) is 0 Å². The molecule has 18 heavy (non-hydrogen) atoms. The number of alkyl carbamates (subject to hydrolysis) is 1. The van der Waals surface area contributed by atoms with E-state index in [4.69, 9.17) is 16.7 Å². The van der Waals surface area contributed by atoms with Gasteiger partial charge in [-0.15, -0.1) is 11.3 Å². The second kappa shape index (κ2) is 7.03. The van der Waals surface area contributed by atoms with Crippen molar-refractivity contribution in [2.75, 3.05) is 6.61 Å². The molecular formula is C11H12ClNO4S. The van der Waals surface area contributed by atoms with E-state index in [2.05, 4.69) is 16.6 Å². The van der Waals surface area contributed by atoms with Crippen LogP contribution in [0.15, 0.2) is 24.1 Å². The summed E-state index contributed by atoms with van der Waals surface area (Å²) in [5.41, 5.74) is 0.679. The summed E-state index contributed by atoms with van der Waals surface area (Å²) in [5.74, 6) is -1.15. The number of rotatable bonds is 6. The minimum Gasteiger partial charge on any atom is -0.480 e. The number of aliphatic carboxylic acids is 1. The van der Waals surface area contributed by atoms with Crippen molar-refractivity contribution in [3.05, 3.63) is 34.0 Å². The molecule has 2 N–H and O–H groups in total. The van der Waals surface area contributed by atoms with Gasteiger partial charge < -0.3 is 15.2 Å². The molecule has 0 aliphatic heterocycles. The minimum atomic E-state index is -1.15. The summed E-state index contributed by atoms with van der Waals surface area (Å²) in [6, 6.07) is 0.647. The van der Waals surface area contributed by atoms with E-state index in [0.29, 0.717) is 9.90 Å². The summed E-state index contributed by atoms with van der Waals surface area (Å²) in [5, 5.41) is 13.0. The van der Waals surface area contributed by atoms with E-state index in [9.17, 15) is 9.59 Å². The van der Waals surface area contributed by atoms with Crippen molar-refractivity contribution >= 4 is 35.0 Å². The first kappa shape index (κ1) is 14.5. The summed E-state index contributed by atoms with van der Waals surface area (Å²) in [6.07, 6.45) is 0.708. The number of carboxylic acids is 1. The van der Waals surface area contributed by atoms with Gasteiger partial charge in [0.1, 0.15) is 12.6 Å². The molecule has 0 saturated carbocycles. The predicted molar refractivity (Wildman–Crippen MR) is 69.1 cm³/mol. The fraction of sp³-hybridized carbons (Fsp3) is 0.273. The van der Waals surface area contributed by atoms with E-state index in [1.54, 1.807) is 11.4 Å². The summed E-state index contributed by atoms with van der Waals surface area (Å²) >= 11 is 7.18. The van der Waals surface area contributed by atoms with Crippen LogP contribution in [0, 0.1) is 0 Å². The van der Waals surface area contributed by atoms with Crippen molar-refractivity contribution in [2.24, 2.45) is 0 Å². The van der Waals surface area contributed by atoms with Crippen LogP contribution in [0.25, 0.3) is 0 Å². The van der Waals surface area contributed by atoms with Crippen LogP contribution in [0.5, 0.6) is 0 Å². The summed E-state index contributed by atoms with van der Waals surface area (Å²) in [7, 11) is 0. The van der Waals surface area contributed by atoms with Gasteiger partial charge in [-0.2, -0.15) is 0 Å². The Hall–Kier alpha value is -1.53. The van der Waals surface area contributed by atoms with Crippen molar-refractivity contribution < 1.29 is 19.4 Å². The van der Waals surface area contributed by atoms with Gasteiger partial charge in [-0.3, -0.25) is 0 Å². The molecule has 1 amide bonds. The number of hydrogen-bond acceptors (Lipinski definition) is 4. The second-order valence-corrected chi connectivity index (χ2v) is 4.86. The van der Waals surface area contributed by atoms with E-state index >= 15 is 0 Å². The first-order valence-electron chi connectivity index (χ1n) is 5.03. The van der Waals surface area contributed by atoms with Crippen molar-refractivity contribution in [3.63, 3.8) is 0 Å². The van der Waals surface area contributed by atoms with Gasteiger partial charge in [-0.1, -0.05) is 24.3 Å². The molecule has 0 aliphatic carbocycles. The molecule has 0 spiro atoms. The number of ether oxygens (including phenoxy) is 1. The van der Waals surface area contributed by atoms with Gasteiger partial charge in [0.05, 0.1) is 4.34 Å². The fourth-order valence-corrected chi connectivity index (χ4v) is 2.15. The standard InChI is InChI=1S/C11H12ClNO4S/c1-2-4-17-11(16)13-8(10(14)15)6-7-3-5-18-9(7)12/h2-3,5,8H,1,4,6H2,(H,13,16)(H,14,15). The number of thiophene rings is 1. The molecule has 0 radical (unpaired) electrons. The molecule has 0 aromatic carbocycles. The Kier molecular flexibility index (Phi) is 5.67. The van der Waals surface area contributed by atoms with E-state index < -0.39 is 18.1 Å². The second-order valence-electron chi connectivity index (χ2n) is 3.35. The Bertz CT molecular complexity index is 446. The molecule has 7 heteroatoms. The van der Waals surface area contributed by atoms with Gasteiger partial charge in [0, 0.05) is 6.42 Å². The lowest BCUT2D eigenvalue weighted by atomic mass is 10.1. The monoisotopic (exact) mass is 289 g/mol. The highest BCUT2D eigenvalue weighted by Crippen LogP contribution is 2.23. The Morgan fingerprint density at radius 3 is 2.89 bits per heavy atom. The van der Waals surface area contributed by atoms with Crippen LogP contribution in [-0.4, -0.2) is 29.8 Å². The molecule has 1 aromatic rings. The van der Waals surface area contributed by atoms with Gasteiger partial charge in [0.25, 0.3) is 0 Å². The molecule has 1 rings (SSSR count). The van der Waals surface area contributed by atoms with Crippen LogP contribution >= 0.6 is 22.9 Å². The van der Waals surface area contributed by atoms with Crippen LogP contribution in [0.1, 0.15) is 5.56 Å². The SMILES string of the molecule is C=CCOC(=O)NC(Cc1ccsc1Cl)C(=O)O. The quantitative estimate of drug-likeness (QED) is 0.788. The first-order chi connectivity index (χ1) is 8.54. The smallest absolute Gasteiger partial charge is 0.408 e. The molecule has 0 fully saturated rings. The average molecular weight is 290 g/mol. The van der Waals surface area contributed by atoms with Gasteiger partial charge in [0.15, 0.2) is 0 Å². The lowest BCUT2D eigenvalue weighted by Crippen LogP contribution is -2.42. The molecule has 1 aromatic heterocycles. The molecule has 5 nitrogen and oxygen atoms in total. The van der Waals surface area contributed by atoms with Crippen LogP contribution in [0.2, 0.25) is 4.34 Å². The van der Waals surface area contributed by atoms with E-state index in [1.165, 1.54) is 17.4 Å². The summed E-state index contributed by atoms with van der Waals surface area (Å²) in [6.45, 7) is 3.41. The molecule has 1 unspecified atom stereocenters. The molecule has 1 heterocycles. The third-order valence-corrected chi connectivity index (χ3v) is 3.29. The Morgan fingerprint density at radius 2 is 2.39 bits per heavy atom. The highest BCUT2D eigenvalue weighted by atomic mass is 35.5. The maximum atomic E-state index is 11.3. The van der Waals surface area contributed by atoms with E-state index in [1.807, 2.05) is 0 Å². The van der Waals surface area contributed by atoms with Crippen molar-refractivity contribution in [1.29, 1.82) is 0 Å². The molecule has 0 saturated heterocycles. The van der Waals surface area contributed by atoms with Gasteiger partial charge >= 0.3 is 12.1 Å². The predicted octanol–water partition coefficient (Wildman–Crippen LogP) is 2.31. The lowest BCUT2D eigenvalue weighted by Gasteiger charge is -2.13. The molecular weight excluding hydrogens is 278 g/mol. The number of carboxylic acid groups (broad SMARTS) is 1. The highest BCUT2D eigenvalue weighted by molar-refractivity contribution is 7.14. The van der Waals surface area contributed by atoms with E-state index in [-0.39, 0.29) is 13.0 Å². The number of hydrogen-bond donors (Lipinski definition) is 2. The van der Waals surface area contributed by atoms with Crippen LogP contribution in [0.3, 0.4) is 0 Å². The van der Waals surface area contributed by atoms with Crippen LogP contribution in [0.4, 0.5) is 4.79 Å². The van der Waals surface area contributed by atoms with Crippen LogP contribution in [-0.2, 0) is 16.0 Å². The average Bonchev–Trinajstić information content (AvgIpc) is 2.71. The number of carbonyl (C=O) groups excluding carboxylic acids is 1. The fourth-order valence-electron chi connectivity index (χ4n) is 1.20. The first-order valence-corrected chi connectivity index (χ1v) is 6.29. The van der Waals surface area contributed by atoms with Crippen molar-refractivity contribution in [1.82, 2.24) is 5.32 Å². The highest BCUT2D eigenvalue weighted by Gasteiger charge is 2.22. The molecule has 98 valence electrons. The zero-order valence-corrected chi connectivity index (χ0v) is 11.0. The molecule has 1 atom stereocenters. The van der Waals surface area contributed by atoms with E-state index in [0.717, 1.165) is 0 Å². The Balaban J connectivity index is 2.61. The largest absolute Gasteiger partial charge is 0.480 e. The molecule has 0 aliphatic rings. The summed E-state index contributed by atoms with van der Waals surface area (Å²) in [4.78, 5) is 22.3. The number of amides is 1. The lowest BCUT2D eigenvalue weighted by molar-refractivity contribution is -0.139. The topological polar surface area (TPSA) is 75.6 Å². The molecule has 0 bridgehead atoms. The summed E-state index contributed by atoms with van der Waals surface area (Å²) < 4.78 is 5.18. The van der Waals surface area contributed by atoms with Crippen LogP contribution < -0.4 is 5.32 Å².